The van der Waals surface area contributed by atoms with E-state index in [0.29, 0.717) is 12.2 Å². The van der Waals surface area contributed by atoms with Gasteiger partial charge in [0.05, 0.1) is 12.2 Å². The summed E-state index contributed by atoms with van der Waals surface area (Å²) in [7, 11) is 0. The first-order valence-corrected chi connectivity index (χ1v) is 5.60. The second kappa shape index (κ2) is 4.54. The summed E-state index contributed by atoms with van der Waals surface area (Å²) in [5, 5.41) is 0. The fourth-order valence-corrected chi connectivity index (χ4v) is 2.04. The Kier molecular flexibility index (Phi) is 3.99. The molecule has 0 saturated carbocycles. The van der Waals surface area contributed by atoms with Crippen LogP contribution in [0.4, 0.5) is 0 Å². The van der Waals surface area contributed by atoms with Crippen LogP contribution in [0.5, 0.6) is 0 Å². The summed E-state index contributed by atoms with van der Waals surface area (Å²) >= 11 is 2.41. The highest BCUT2D eigenvalue weighted by molar-refractivity contribution is 14.1. The van der Waals surface area contributed by atoms with Crippen molar-refractivity contribution in [3.8, 4) is 0 Å². The molecule has 0 spiro atoms. The molecule has 1 saturated heterocycles. The fraction of sp³-hybridized carbons (Fsp3) is 1.00. The summed E-state index contributed by atoms with van der Waals surface area (Å²) in [5.41, 5.74) is 0. The summed E-state index contributed by atoms with van der Waals surface area (Å²) < 4.78 is 6.94. The van der Waals surface area contributed by atoms with Crippen LogP contribution in [-0.2, 0) is 4.74 Å². The molecular formula is C8H15IO. The van der Waals surface area contributed by atoms with E-state index in [4.69, 9.17) is 4.74 Å². The molecule has 2 atom stereocenters. The molecule has 1 heterocycles. The van der Waals surface area contributed by atoms with Gasteiger partial charge in [-0.2, -0.15) is 0 Å². The van der Waals surface area contributed by atoms with Crippen LogP contribution in [-0.4, -0.2) is 16.6 Å². The molecule has 0 aromatic heterocycles. The topological polar surface area (TPSA) is 9.23 Å². The Hall–Kier alpha value is 0.690. The molecule has 2 heteroatoms. The molecule has 10 heavy (non-hydrogen) atoms. The van der Waals surface area contributed by atoms with Crippen molar-refractivity contribution in [3.05, 3.63) is 0 Å². The minimum Gasteiger partial charge on any atom is -0.374 e. The Morgan fingerprint density at radius 2 is 2.10 bits per heavy atom. The molecular weight excluding hydrogens is 239 g/mol. The molecule has 0 aromatic rings. The Bertz CT molecular complexity index is 85.3. The zero-order valence-corrected chi connectivity index (χ0v) is 8.63. The maximum absolute atomic E-state index is 5.78. The van der Waals surface area contributed by atoms with Gasteiger partial charge >= 0.3 is 0 Å². The van der Waals surface area contributed by atoms with Crippen LogP contribution < -0.4 is 0 Å². The molecule has 0 radical (unpaired) electrons. The normalized spacial score (nSPS) is 34.2. The number of hydrogen-bond acceptors (Lipinski definition) is 1. The van der Waals surface area contributed by atoms with E-state index in [-0.39, 0.29) is 0 Å². The summed E-state index contributed by atoms with van der Waals surface area (Å²) in [6, 6.07) is 0. The fourth-order valence-electron chi connectivity index (χ4n) is 1.40. The SMILES string of the molecule is CCC1CCCC(CI)O1. The van der Waals surface area contributed by atoms with E-state index in [1.807, 2.05) is 0 Å². The van der Waals surface area contributed by atoms with Crippen LogP contribution in [0.15, 0.2) is 0 Å². The molecule has 0 aromatic carbocycles. The van der Waals surface area contributed by atoms with Crippen molar-refractivity contribution in [1.82, 2.24) is 0 Å². The predicted molar refractivity (Wildman–Crippen MR) is 51.7 cm³/mol. The van der Waals surface area contributed by atoms with Gasteiger partial charge in [0, 0.05) is 4.43 Å². The molecule has 2 unspecified atom stereocenters. The van der Waals surface area contributed by atoms with Crippen LogP contribution in [0, 0.1) is 0 Å². The van der Waals surface area contributed by atoms with E-state index in [2.05, 4.69) is 29.5 Å². The maximum Gasteiger partial charge on any atom is 0.0668 e. The highest BCUT2D eigenvalue weighted by atomic mass is 127. The van der Waals surface area contributed by atoms with Crippen LogP contribution in [0.1, 0.15) is 32.6 Å². The standard InChI is InChI=1S/C8H15IO/c1-2-7-4-3-5-8(6-9)10-7/h7-8H,2-6H2,1H3. The zero-order valence-electron chi connectivity index (χ0n) is 6.48. The average Bonchev–Trinajstić information content (AvgIpc) is 2.05. The Morgan fingerprint density at radius 1 is 1.40 bits per heavy atom. The van der Waals surface area contributed by atoms with Gasteiger partial charge in [0.25, 0.3) is 0 Å². The van der Waals surface area contributed by atoms with Crippen molar-refractivity contribution in [3.63, 3.8) is 0 Å². The first-order chi connectivity index (χ1) is 4.86. The smallest absolute Gasteiger partial charge is 0.0668 e. The van der Waals surface area contributed by atoms with Crippen molar-refractivity contribution >= 4 is 22.6 Å². The lowest BCUT2D eigenvalue weighted by Gasteiger charge is -2.28. The average molecular weight is 254 g/mol. The van der Waals surface area contributed by atoms with Crippen LogP contribution in [0.25, 0.3) is 0 Å². The first kappa shape index (κ1) is 8.78. The van der Waals surface area contributed by atoms with E-state index in [0.717, 1.165) is 4.43 Å². The summed E-state index contributed by atoms with van der Waals surface area (Å²) in [4.78, 5) is 0. The van der Waals surface area contributed by atoms with Gasteiger partial charge in [-0.15, -0.1) is 0 Å². The monoisotopic (exact) mass is 254 g/mol. The molecule has 1 fully saturated rings. The van der Waals surface area contributed by atoms with Crippen molar-refractivity contribution in [2.75, 3.05) is 4.43 Å². The lowest BCUT2D eigenvalue weighted by Crippen LogP contribution is -2.27. The molecule has 1 rings (SSSR count). The van der Waals surface area contributed by atoms with Crippen LogP contribution >= 0.6 is 22.6 Å². The summed E-state index contributed by atoms with van der Waals surface area (Å²) in [5.74, 6) is 0. The van der Waals surface area contributed by atoms with Gasteiger partial charge in [0.1, 0.15) is 0 Å². The van der Waals surface area contributed by atoms with Gasteiger partial charge in [0.2, 0.25) is 0 Å². The second-order valence-corrected chi connectivity index (χ2v) is 3.75. The largest absolute Gasteiger partial charge is 0.374 e. The van der Waals surface area contributed by atoms with Gasteiger partial charge in [0.15, 0.2) is 0 Å². The van der Waals surface area contributed by atoms with E-state index in [1.165, 1.54) is 25.7 Å². The molecule has 0 aliphatic carbocycles. The highest BCUT2D eigenvalue weighted by Crippen LogP contribution is 2.21. The number of alkyl halides is 1. The molecule has 1 aliphatic heterocycles. The van der Waals surface area contributed by atoms with Crippen molar-refractivity contribution in [1.29, 1.82) is 0 Å². The van der Waals surface area contributed by atoms with E-state index >= 15 is 0 Å². The lowest BCUT2D eigenvalue weighted by molar-refractivity contribution is -0.0369. The molecule has 0 N–H and O–H groups in total. The molecule has 0 amide bonds. The summed E-state index contributed by atoms with van der Waals surface area (Å²) in [6.45, 7) is 2.21. The third-order valence-electron chi connectivity index (χ3n) is 2.06. The molecule has 0 bridgehead atoms. The minimum atomic E-state index is 0.555. The van der Waals surface area contributed by atoms with Gasteiger partial charge < -0.3 is 4.74 Å². The Balaban J connectivity index is 2.25. The molecule has 1 aliphatic rings. The van der Waals surface area contributed by atoms with E-state index in [1.54, 1.807) is 0 Å². The third-order valence-corrected chi connectivity index (χ3v) is 3.05. The number of hydrogen-bond donors (Lipinski definition) is 0. The molecule has 60 valence electrons. The van der Waals surface area contributed by atoms with Gasteiger partial charge in [-0.3, -0.25) is 0 Å². The van der Waals surface area contributed by atoms with Crippen LogP contribution in [0.2, 0.25) is 0 Å². The second-order valence-electron chi connectivity index (χ2n) is 2.87. The third kappa shape index (κ3) is 2.38. The number of halogens is 1. The lowest BCUT2D eigenvalue weighted by atomic mass is 10.0. The van der Waals surface area contributed by atoms with Crippen LogP contribution in [0.3, 0.4) is 0 Å². The Labute approximate surface area is 76.7 Å². The number of rotatable bonds is 2. The van der Waals surface area contributed by atoms with E-state index < -0.39 is 0 Å². The summed E-state index contributed by atoms with van der Waals surface area (Å²) in [6.07, 6.45) is 6.23. The first-order valence-electron chi connectivity index (χ1n) is 4.08. The van der Waals surface area contributed by atoms with Gasteiger partial charge in [-0.25, -0.2) is 0 Å². The van der Waals surface area contributed by atoms with Crippen molar-refractivity contribution < 1.29 is 4.74 Å². The molecule has 1 nitrogen and oxygen atoms in total. The minimum absolute atomic E-state index is 0.555. The highest BCUT2D eigenvalue weighted by Gasteiger charge is 2.19. The van der Waals surface area contributed by atoms with E-state index in [9.17, 15) is 0 Å². The van der Waals surface area contributed by atoms with Gasteiger partial charge in [-0.05, 0) is 25.7 Å². The number of ether oxygens (including phenoxy) is 1. The quantitative estimate of drug-likeness (QED) is 0.544. The van der Waals surface area contributed by atoms with Gasteiger partial charge in [-0.1, -0.05) is 29.5 Å². The predicted octanol–water partition coefficient (Wildman–Crippen LogP) is 2.77. The Morgan fingerprint density at radius 3 is 2.70 bits per heavy atom. The maximum atomic E-state index is 5.78. The zero-order chi connectivity index (χ0) is 7.40. The van der Waals surface area contributed by atoms with Crippen molar-refractivity contribution in [2.24, 2.45) is 0 Å². The van der Waals surface area contributed by atoms with Crippen molar-refractivity contribution in [2.45, 2.75) is 44.8 Å².